The van der Waals surface area contributed by atoms with Gasteiger partial charge in [0.25, 0.3) is 0 Å². The van der Waals surface area contributed by atoms with Crippen molar-refractivity contribution in [3.63, 3.8) is 0 Å². The van der Waals surface area contributed by atoms with Gasteiger partial charge in [-0.2, -0.15) is 0 Å². The van der Waals surface area contributed by atoms with Crippen molar-refractivity contribution in [1.29, 1.82) is 0 Å². The number of hydrogen-bond donors (Lipinski definition) is 1. The highest BCUT2D eigenvalue weighted by atomic mass is 32.2. The summed E-state index contributed by atoms with van der Waals surface area (Å²) >= 11 is 0. The van der Waals surface area contributed by atoms with Crippen molar-refractivity contribution < 1.29 is 8.95 Å². The van der Waals surface area contributed by atoms with E-state index < -0.39 is 18.9 Å². The van der Waals surface area contributed by atoms with Crippen LogP contribution in [0.25, 0.3) is 0 Å². The van der Waals surface area contributed by atoms with Gasteiger partial charge in [0.15, 0.2) is 0 Å². The molecule has 0 amide bonds. The molecule has 0 heterocycles. The first-order valence-electron chi connectivity index (χ1n) is 15.7. The topological polar surface area (TPSA) is 38.3 Å². The Hall–Kier alpha value is -2.00. The highest BCUT2D eigenvalue weighted by molar-refractivity contribution is 7.84. The van der Waals surface area contributed by atoms with E-state index in [-0.39, 0.29) is 10.8 Å². The summed E-state index contributed by atoms with van der Waals surface area (Å²) in [6.07, 6.45) is 13.4. The van der Waals surface area contributed by atoms with Crippen LogP contribution in [-0.2, 0) is 17.6 Å². The van der Waals surface area contributed by atoms with Gasteiger partial charge < -0.3 is 4.74 Å². The van der Waals surface area contributed by atoms with Crippen LogP contribution in [0, 0.1) is 0 Å². The van der Waals surface area contributed by atoms with Crippen LogP contribution in [0.15, 0.2) is 78.9 Å². The molecule has 0 bridgehead atoms. The molecule has 2 aliphatic rings. The molecular weight excluding hydrogens is 541 g/mol. The van der Waals surface area contributed by atoms with E-state index in [9.17, 15) is 4.21 Å². The first kappa shape index (κ1) is 30.5. The van der Waals surface area contributed by atoms with Crippen molar-refractivity contribution in [1.82, 2.24) is 4.72 Å². The minimum absolute atomic E-state index is 0.163. The van der Waals surface area contributed by atoms with E-state index >= 15 is 0 Å². The van der Waals surface area contributed by atoms with Crippen molar-refractivity contribution in [2.24, 2.45) is 0 Å². The Morgan fingerprint density at radius 3 is 1.90 bits per heavy atom. The third kappa shape index (κ3) is 7.89. The zero-order valence-electron chi connectivity index (χ0n) is 25.2. The monoisotopic (exact) mass is 589 g/mol. The van der Waals surface area contributed by atoms with E-state index in [0.29, 0.717) is 6.61 Å². The molecule has 0 unspecified atom stereocenters. The van der Waals surface area contributed by atoms with Gasteiger partial charge in [-0.1, -0.05) is 119 Å². The Morgan fingerprint density at radius 1 is 0.780 bits per heavy atom. The molecule has 2 saturated carbocycles. The second kappa shape index (κ2) is 14.5. The van der Waals surface area contributed by atoms with E-state index in [1.54, 1.807) is 0 Å². The molecule has 220 valence electrons. The van der Waals surface area contributed by atoms with Crippen molar-refractivity contribution >= 4 is 24.2 Å². The number of rotatable bonds is 10. The number of ether oxygens (including phenoxy) is 1. The average Bonchev–Trinajstić information content (AvgIpc) is 3.01. The molecule has 41 heavy (non-hydrogen) atoms. The summed E-state index contributed by atoms with van der Waals surface area (Å²) in [6.45, 7) is 6.72. The molecular formula is C36H48NO2PS. The SMILES string of the molecule is CC(C)(C)[S@](=O)N[C@H](c1ccccc1)c1cccc(OCc2ccccc2)c1P(C1CCCCC1)C1CCCCC1. The van der Waals surface area contributed by atoms with Gasteiger partial charge in [0.05, 0.1) is 21.8 Å². The van der Waals surface area contributed by atoms with Crippen molar-refractivity contribution in [2.45, 2.75) is 114 Å². The van der Waals surface area contributed by atoms with Crippen LogP contribution >= 0.6 is 7.92 Å². The van der Waals surface area contributed by atoms with E-state index in [1.165, 1.54) is 80.6 Å². The predicted molar refractivity (Wildman–Crippen MR) is 177 cm³/mol. The summed E-state index contributed by atoms with van der Waals surface area (Å²) in [5.74, 6) is 1.04. The molecule has 0 saturated heterocycles. The average molecular weight is 590 g/mol. The van der Waals surface area contributed by atoms with Crippen LogP contribution in [0.5, 0.6) is 5.75 Å². The second-order valence-corrected chi connectivity index (χ2v) is 17.5. The summed E-state index contributed by atoms with van der Waals surface area (Å²) in [6, 6.07) is 27.7. The molecule has 5 heteroatoms. The Balaban J connectivity index is 1.65. The first-order chi connectivity index (χ1) is 19.9. The summed E-state index contributed by atoms with van der Waals surface area (Å²) in [4.78, 5) is 0. The molecule has 3 aromatic rings. The fourth-order valence-electron chi connectivity index (χ4n) is 6.52. The van der Waals surface area contributed by atoms with Crippen LogP contribution < -0.4 is 14.8 Å². The summed E-state index contributed by atoms with van der Waals surface area (Å²) in [7, 11) is -1.68. The quantitative estimate of drug-likeness (QED) is 0.240. The van der Waals surface area contributed by atoms with E-state index in [0.717, 1.165) is 22.6 Å². The third-order valence-electron chi connectivity index (χ3n) is 8.69. The molecule has 0 radical (unpaired) electrons. The zero-order valence-corrected chi connectivity index (χ0v) is 26.9. The molecule has 2 aliphatic carbocycles. The molecule has 5 rings (SSSR count). The van der Waals surface area contributed by atoms with Gasteiger partial charge in [0.2, 0.25) is 0 Å². The van der Waals surface area contributed by atoms with Gasteiger partial charge in [0.1, 0.15) is 12.4 Å². The van der Waals surface area contributed by atoms with Crippen LogP contribution in [0.3, 0.4) is 0 Å². The maximum Gasteiger partial charge on any atom is 0.127 e. The lowest BCUT2D eigenvalue weighted by Gasteiger charge is -2.41. The maximum atomic E-state index is 13.7. The van der Waals surface area contributed by atoms with Gasteiger partial charge in [0, 0.05) is 5.30 Å². The minimum Gasteiger partial charge on any atom is -0.488 e. The van der Waals surface area contributed by atoms with Gasteiger partial charge in [-0.3, -0.25) is 0 Å². The van der Waals surface area contributed by atoms with Crippen LogP contribution in [0.2, 0.25) is 0 Å². The number of hydrogen-bond acceptors (Lipinski definition) is 2. The summed E-state index contributed by atoms with van der Waals surface area (Å²) < 4.78 is 23.7. The first-order valence-corrected chi connectivity index (χ1v) is 18.4. The van der Waals surface area contributed by atoms with E-state index in [4.69, 9.17) is 4.74 Å². The van der Waals surface area contributed by atoms with Crippen LogP contribution in [0.1, 0.15) is 108 Å². The Bertz CT molecular complexity index is 1230. The van der Waals surface area contributed by atoms with Gasteiger partial charge in [-0.15, -0.1) is 0 Å². The van der Waals surface area contributed by atoms with Gasteiger partial charge in [-0.05, 0) is 80.5 Å². The van der Waals surface area contributed by atoms with E-state index in [1.807, 2.05) is 0 Å². The van der Waals surface area contributed by atoms with Gasteiger partial charge >= 0.3 is 0 Å². The molecule has 0 aliphatic heterocycles. The standard InChI is InChI=1S/C36H48NO2PS/c1-36(2,3)41(38)37-34(29-19-10-5-11-20-29)32-25-16-26-33(39-27-28-17-8-4-9-18-28)35(32)40(30-21-12-6-13-22-30)31-23-14-7-15-24-31/h4-5,8-11,16-20,25-26,30-31,34,37H,6-7,12-15,21-24,27H2,1-3H3/t34-,41+/m1/s1. The molecule has 3 aromatic carbocycles. The fourth-order valence-corrected chi connectivity index (χ4v) is 11.4. The molecule has 3 nitrogen and oxygen atoms in total. The molecule has 2 atom stereocenters. The second-order valence-electron chi connectivity index (χ2n) is 12.8. The molecule has 0 aromatic heterocycles. The minimum atomic E-state index is -1.22. The van der Waals surface area contributed by atoms with Crippen LogP contribution in [-0.4, -0.2) is 20.3 Å². The third-order valence-corrected chi connectivity index (χ3v) is 13.9. The molecule has 0 spiro atoms. The summed E-state index contributed by atoms with van der Waals surface area (Å²) in [5, 5.41) is 1.43. The zero-order chi connectivity index (χ0) is 28.7. The largest absolute Gasteiger partial charge is 0.488 e. The molecule has 2 fully saturated rings. The fraction of sp³-hybridized carbons (Fsp3) is 0.500. The van der Waals surface area contributed by atoms with Gasteiger partial charge in [-0.25, -0.2) is 8.93 Å². The molecule has 1 N–H and O–H groups in total. The van der Waals surface area contributed by atoms with Crippen molar-refractivity contribution in [3.05, 3.63) is 95.6 Å². The number of nitrogens with one attached hydrogen (secondary N) is 1. The lowest BCUT2D eigenvalue weighted by atomic mass is 9.99. The highest BCUT2D eigenvalue weighted by Crippen LogP contribution is 2.57. The Morgan fingerprint density at radius 2 is 1.34 bits per heavy atom. The van der Waals surface area contributed by atoms with Crippen molar-refractivity contribution in [3.8, 4) is 5.75 Å². The lowest BCUT2D eigenvalue weighted by molar-refractivity contribution is 0.308. The Labute approximate surface area is 252 Å². The maximum absolute atomic E-state index is 13.7. The van der Waals surface area contributed by atoms with Crippen molar-refractivity contribution in [2.75, 3.05) is 0 Å². The predicted octanol–water partition coefficient (Wildman–Crippen LogP) is 9.18. The van der Waals surface area contributed by atoms with E-state index in [2.05, 4.69) is 104 Å². The normalized spacial score (nSPS) is 18.7. The Kier molecular flexibility index (Phi) is 10.7. The highest BCUT2D eigenvalue weighted by Gasteiger charge is 2.37. The smallest absolute Gasteiger partial charge is 0.127 e. The number of benzene rings is 3. The van der Waals surface area contributed by atoms with Crippen LogP contribution in [0.4, 0.5) is 0 Å². The lowest BCUT2D eigenvalue weighted by Crippen LogP contribution is -2.38. The summed E-state index contributed by atoms with van der Waals surface area (Å²) in [5.41, 5.74) is 5.07.